The van der Waals surface area contributed by atoms with Gasteiger partial charge in [0.25, 0.3) is 0 Å². The number of carbonyl (C=O) groups excluding carboxylic acids is 1. The van der Waals surface area contributed by atoms with E-state index in [-0.39, 0.29) is 43.7 Å². The number of aliphatic carboxylic acids is 1. The maximum Gasteiger partial charge on any atom is 0.311 e. The van der Waals surface area contributed by atoms with Gasteiger partial charge in [-0.15, -0.1) is 0 Å². The molecule has 3 rings (SSSR count). The highest BCUT2D eigenvalue weighted by Crippen LogP contribution is 2.40. The standard InChI is InChI=1S/C42H78N2O14/c1-15-30-42(11,52)35(48)27(7)43(12)21-22(2)19-40(9,51)37(58-39-33(47)29(18-24(4)54-39)44(13)23(3)16-17-31(45)46)25(5)34(26(6)38(50)56-30)57-32-20-41(10,53-14)36(49)28(8)55-32/h22-30,32-37,39,47-49,51-52H,15-21H2,1-14H3,(H,45,46). The fraction of sp³-hybridized carbons (Fsp3) is 0.952. The lowest BCUT2D eigenvalue weighted by Crippen LogP contribution is -2.61. The van der Waals surface area contributed by atoms with Crippen molar-refractivity contribution in [3.8, 4) is 0 Å². The summed E-state index contributed by atoms with van der Waals surface area (Å²) in [4.78, 5) is 29.5. The fourth-order valence-electron chi connectivity index (χ4n) is 9.49. The molecule has 3 saturated heterocycles. The summed E-state index contributed by atoms with van der Waals surface area (Å²) in [6.45, 7) is 19.6. The van der Waals surface area contributed by atoms with Crippen molar-refractivity contribution < 1.29 is 68.6 Å². The van der Waals surface area contributed by atoms with E-state index in [1.807, 2.05) is 44.7 Å². The molecule has 16 nitrogen and oxygen atoms in total. The number of esters is 1. The zero-order chi connectivity index (χ0) is 44.2. The molecule has 3 fully saturated rings. The van der Waals surface area contributed by atoms with E-state index in [2.05, 4.69) is 0 Å². The lowest BCUT2D eigenvalue weighted by atomic mass is 9.77. The van der Waals surface area contributed by atoms with E-state index in [1.54, 1.807) is 48.5 Å². The topological polar surface area (TPSA) is 217 Å². The van der Waals surface area contributed by atoms with Crippen LogP contribution in [0.25, 0.3) is 0 Å². The number of ether oxygens (including phenoxy) is 6. The number of hydrogen-bond acceptors (Lipinski definition) is 15. The number of aliphatic hydroxyl groups excluding tert-OH is 3. The number of methoxy groups -OCH3 is 1. The molecule has 3 aliphatic rings. The average molecular weight is 835 g/mol. The summed E-state index contributed by atoms with van der Waals surface area (Å²) >= 11 is 0. The first-order valence-corrected chi connectivity index (χ1v) is 21.2. The molecule has 340 valence electrons. The van der Waals surface area contributed by atoms with Crippen molar-refractivity contribution in [2.24, 2.45) is 17.8 Å². The molecule has 0 aromatic rings. The summed E-state index contributed by atoms with van der Waals surface area (Å²) in [5.74, 6) is -3.72. The maximum absolute atomic E-state index is 14.3. The second-order valence-corrected chi connectivity index (χ2v) is 18.6. The molecule has 3 heterocycles. The predicted octanol–water partition coefficient (Wildman–Crippen LogP) is 2.52. The summed E-state index contributed by atoms with van der Waals surface area (Å²) in [7, 11) is 5.15. The van der Waals surface area contributed by atoms with E-state index < -0.39 is 108 Å². The molecule has 0 aromatic heterocycles. The molecule has 0 bridgehead atoms. The molecule has 6 N–H and O–H groups in total. The van der Waals surface area contributed by atoms with Gasteiger partial charge in [0.05, 0.1) is 41.5 Å². The van der Waals surface area contributed by atoms with Crippen LogP contribution in [0.15, 0.2) is 0 Å². The van der Waals surface area contributed by atoms with Crippen LogP contribution in [0.3, 0.4) is 0 Å². The van der Waals surface area contributed by atoms with E-state index >= 15 is 0 Å². The van der Waals surface area contributed by atoms with Gasteiger partial charge >= 0.3 is 11.9 Å². The van der Waals surface area contributed by atoms with E-state index in [4.69, 9.17) is 28.4 Å². The van der Waals surface area contributed by atoms with E-state index in [9.17, 15) is 40.2 Å². The van der Waals surface area contributed by atoms with Gasteiger partial charge in [0.2, 0.25) is 0 Å². The summed E-state index contributed by atoms with van der Waals surface area (Å²) in [6.07, 6.45) is -8.89. The zero-order valence-electron chi connectivity index (χ0n) is 37.5. The number of hydrogen-bond donors (Lipinski definition) is 6. The first-order valence-electron chi connectivity index (χ1n) is 21.2. The van der Waals surface area contributed by atoms with E-state index in [0.29, 0.717) is 19.4 Å². The Balaban J connectivity index is 2.16. The minimum atomic E-state index is -1.83. The van der Waals surface area contributed by atoms with Gasteiger partial charge in [0.15, 0.2) is 12.6 Å². The van der Waals surface area contributed by atoms with Crippen LogP contribution in [0.4, 0.5) is 0 Å². The lowest BCUT2D eigenvalue weighted by Gasteiger charge is -2.49. The van der Waals surface area contributed by atoms with E-state index in [1.165, 1.54) is 14.0 Å². The highest BCUT2D eigenvalue weighted by atomic mass is 16.7. The molecule has 58 heavy (non-hydrogen) atoms. The number of aliphatic hydroxyl groups is 5. The molecule has 0 radical (unpaired) electrons. The predicted molar refractivity (Wildman–Crippen MR) is 215 cm³/mol. The molecule has 0 amide bonds. The molecule has 0 spiro atoms. The van der Waals surface area contributed by atoms with Crippen molar-refractivity contribution in [1.82, 2.24) is 9.80 Å². The second kappa shape index (κ2) is 20.6. The molecular weight excluding hydrogens is 756 g/mol. The van der Waals surface area contributed by atoms with Crippen LogP contribution in [-0.4, -0.2) is 176 Å². The zero-order valence-corrected chi connectivity index (χ0v) is 37.5. The third kappa shape index (κ3) is 11.9. The Morgan fingerprint density at radius 1 is 1.00 bits per heavy atom. The number of carboxylic acid groups (broad SMARTS) is 1. The highest BCUT2D eigenvalue weighted by Gasteiger charge is 2.53. The third-order valence-corrected chi connectivity index (χ3v) is 13.5. The number of carbonyl (C=O) groups is 2. The van der Waals surface area contributed by atoms with Gasteiger partial charge < -0.3 is 64.0 Å². The van der Waals surface area contributed by atoms with Crippen LogP contribution in [0.1, 0.15) is 115 Å². The Hall–Kier alpha value is -1.54. The summed E-state index contributed by atoms with van der Waals surface area (Å²) in [6, 6.07) is -1.24. The quantitative estimate of drug-likeness (QED) is 0.165. The highest BCUT2D eigenvalue weighted by molar-refractivity contribution is 5.73. The number of nitrogens with zero attached hydrogens (tertiary/aromatic N) is 2. The fourth-order valence-corrected chi connectivity index (χ4v) is 9.49. The van der Waals surface area contributed by atoms with Crippen LogP contribution in [0.2, 0.25) is 0 Å². The summed E-state index contributed by atoms with van der Waals surface area (Å²) in [5.41, 5.74) is -4.53. The number of carboxylic acids is 1. The van der Waals surface area contributed by atoms with Crippen molar-refractivity contribution in [3.63, 3.8) is 0 Å². The number of rotatable bonds is 11. The molecule has 0 aromatic carbocycles. The smallest absolute Gasteiger partial charge is 0.311 e. The van der Waals surface area contributed by atoms with Crippen LogP contribution in [0, 0.1) is 17.8 Å². The van der Waals surface area contributed by atoms with Crippen molar-refractivity contribution in [2.75, 3.05) is 27.7 Å². The largest absolute Gasteiger partial charge is 0.481 e. The maximum atomic E-state index is 14.3. The van der Waals surface area contributed by atoms with Crippen LogP contribution in [-0.2, 0) is 38.0 Å². The Morgan fingerprint density at radius 2 is 1.62 bits per heavy atom. The number of likely N-dealkylation sites (N-methyl/N-ethyl adjacent to an activating group) is 2. The first kappa shape index (κ1) is 50.8. The molecule has 16 heteroatoms. The molecule has 19 unspecified atom stereocenters. The van der Waals surface area contributed by atoms with Gasteiger partial charge in [-0.05, 0) is 101 Å². The van der Waals surface area contributed by atoms with Crippen molar-refractivity contribution >= 4 is 11.9 Å². The molecule has 0 saturated carbocycles. The van der Waals surface area contributed by atoms with Crippen LogP contribution in [0.5, 0.6) is 0 Å². The normalized spacial score (nSPS) is 46.2. The molecule has 3 aliphatic heterocycles. The van der Waals surface area contributed by atoms with Gasteiger partial charge in [0.1, 0.15) is 30.0 Å². The SMILES string of the molecule is CCC1OC(=O)C(C)C(OC2CC(C)(OC)C(O)C(C)O2)C(C)C(OC2OC(C)CC(N(C)C(C)CCC(=O)O)C2O)C(C)(O)CC(C)CN(C)C(C)C(O)C1(C)O. The molecular formula is C42H78N2O14. The Kier molecular flexibility index (Phi) is 18.0. The lowest BCUT2D eigenvalue weighted by molar-refractivity contribution is -0.318. The number of cyclic esters (lactones) is 1. The Morgan fingerprint density at radius 3 is 2.19 bits per heavy atom. The average Bonchev–Trinajstić information content (AvgIpc) is 3.14. The van der Waals surface area contributed by atoms with Crippen molar-refractivity contribution in [2.45, 2.75) is 211 Å². The monoisotopic (exact) mass is 835 g/mol. The summed E-state index contributed by atoms with van der Waals surface area (Å²) < 4.78 is 37.8. The minimum Gasteiger partial charge on any atom is -0.481 e. The van der Waals surface area contributed by atoms with Gasteiger partial charge in [-0.3, -0.25) is 14.5 Å². The van der Waals surface area contributed by atoms with Gasteiger partial charge in [0, 0.05) is 50.5 Å². The van der Waals surface area contributed by atoms with Gasteiger partial charge in [-0.1, -0.05) is 20.8 Å². The third-order valence-electron chi connectivity index (χ3n) is 13.5. The van der Waals surface area contributed by atoms with Gasteiger partial charge in [-0.25, -0.2) is 0 Å². The van der Waals surface area contributed by atoms with Crippen LogP contribution < -0.4 is 0 Å². The van der Waals surface area contributed by atoms with Crippen molar-refractivity contribution in [3.05, 3.63) is 0 Å². The molecule has 19 atom stereocenters. The Bertz CT molecular complexity index is 1320. The first-order chi connectivity index (χ1) is 26.7. The van der Waals surface area contributed by atoms with E-state index in [0.717, 1.165) is 0 Å². The van der Waals surface area contributed by atoms with Crippen LogP contribution >= 0.6 is 0 Å². The van der Waals surface area contributed by atoms with Gasteiger partial charge in [-0.2, -0.15) is 0 Å². The van der Waals surface area contributed by atoms with Crippen molar-refractivity contribution in [1.29, 1.82) is 0 Å². The minimum absolute atomic E-state index is 0.0294. The molecule has 0 aliphatic carbocycles. The Labute approximate surface area is 346 Å². The summed E-state index contributed by atoms with van der Waals surface area (Å²) in [5, 5.41) is 68.2. The second-order valence-electron chi connectivity index (χ2n) is 18.6.